The van der Waals surface area contributed by atoms with E-state index in [0.717, 1.165) is 38.8 Å². The monoisotopic (exact) mass is 625 g/mol. The van der Waals surface area contributed by atoms with Crippen LogP contribution in [0.5, 0.6) is 0 Å². The highest BCUT2D eigenvalue weighted by Gasteiger charge is 2.34. The van der Waals surface area contributed by atoms with Gasteiger partial charge in [0, 0.05) is 57.9 Å². The molecule has 3 heterocycles. The third kappa shape index (κ3) is 5.06. The maximum Gasteiger partial charge on any atom is 0.0533 e. The molecule has 0 atom stereocenters. The minimum atomic E-state index is -0.0351. The Morgan fingerprint density at radius 1 is 0.500 bits per heavy atom. The van der Waals surface area contributed by atoms with Crippen LogP contribution >= 0.6 is 0 Å². The van der Waals surface area contributed by atoms with Crippen molar-refractivity contribution in [3.63, 3.8) is 0 Å². The fourth-order valence-corrected chi connectivity index (χ4v) is 7.94. The molecule has 8 rings (SSSR count). The van der Waals surface area contributed by atoms with E-state index in [1.165, 1.54) is 71.9 Å². The van der Waals surface area contributed by atoms with Gasteiger partial charge in [0.25, 0.3) is 0 Å². The summed E-state index contributed by atoms with van der Waals surface area (Å²) >= 11 is 0. The van der Waals surface area contributed by atoms with Gasteiger partial charge in [-0.3, -0.25) is 0 Å². The number of nitrogens with one attached hydrogen (secondary N) is 1. The number of aryl methyl sites for hydroxylation is 2. The summed E-state index contributed by atoms with van der Waals surface area (Å²) in [5, 5.41) is 3.93. The van der Waals surface area contributed by atoms with Crippen molar-refractivity contribution in [2.45, 2.75) is 58.5 Å². The molecule has 0 saturated heterocycles. The van der Waals surface area contributed by atoms with E-state index in [4.69, 9.17) is 0 Å². The smallest absolute Gasteiger partial charge is 0.0533 e. The molecule has 0 amide bonds. The van der Waals surface area contributed by atoms with Gasteiger partial charge in [-0.1, -0.05) is 142 Å². The highest BCUT2D eigenvalue weighted by Crippen LogP contribution is 2.51. The van der Waals surface area contributed by atoms with Crippen molar-refractivity contribution >= 4 is 32.7 Å². The lowest BCUT2D eigenvalue weighted by atomic mass is 9.80. The number of para-hydroxylation sites is 3. The van der Waals surface area contributed by atoms with Gasteiger partial charge in [0.05, 0.1) is 11.4 Å². The second-order valence-electron chi connectivity index (χ2n) is 13.0. The topological polar surface area (TPSA) is 25.6 Å². The molecular weight excluding hydrogens is 583 g/mol. The van der Waals surface area contributed by atoms with Gasteiger partial charge in [0.15, 0.2) is 0 Å². The molecule has 0 aliphatic rings. The number of aromatic amines is 1. The molecule has 0 fully saturated rings. The Balaban J connectivity index is 1.57. The first kappa shape index (κ1) is 30.1. The largest absolute Gasteiger partial charge is 0.361 e. The van der Waals surface area contributed by atoms with Crippen LogP contribution in [0.25, 0.3) is 55.2 Å². The minimum Gasteiger partial charge on any atom is -0.361 e. The number of hydrogen-bond acceptors (Lipinski definition) is 0. The van der Waals surface area contributed by atoms with Gasteiger partial charge in [-0.2, -0.15) is 0 Å². The maximum absolute atomic E-state index is 3.69. The zero-order valence-corrected chi connectivity index (χ0v) is 28.0. The molecule has 8 aromatic rings. The molecular formula is C45H43N3. The Labute approximate surface area is 283 Å². The first-order chi connectivity index (χ1) is 23.8. The van der Waals surface area contributed by atoms with Crippen molar-refractivity contribution in [1.29, 1.82) is 0 Å². The van der Waals surface area contributed by atoms with Crippen LogP contribution in [-0.4, -0.2) is 14.1 Å². The molecule has 48 heavy (non-hydrogen) atoms. The highest BCUT2D eigenvalue weighted by molar-refractivity contribution is 6.00. The number of unbranched alkanes of at least 4 members (excludes halogenated alkanes) is 2. The molecule has 5 aromatic carbocycles. The lowest BCUT2D eigenvalue weighted by Crippen LogP contribution is -2.09. The highest BCUT2D eigenvalue weighted by atomic mass is 15.0. The van der Waals surface area contributed by atoms with E-state index >= 15 is 0 Å². The second kappa shape index (κ2) is 13.1. The van der Waals surface area contributed by atoms with Gasteiger partial charge in [-0.15, -0.1) is 0 Å². The normalized spacial score (nSPS) is 11.8. The van der Waals surface area contributed by atoms with Gasteiger partial charge in [0.1, 0.15) is 0 Å². The van der Waals surface area contributed by atoms with E-state index in [0.29, 0.717) is 0 Å². The summed E-state index contributed by atoms with van der Waals surface area (Å²) in [5.41, 5.74) is 13.0. The van der Waals surface area contributed by atoms with Crippen LogP contribution in [0.15, 0.2) is 140 Å². The van der Waals surface area contributed by atoms with Crippen molar-refractivity contribution < 1.29 is 0 Å². The summed E-state index contributed by atoms with van der Waals surface area (Å²) in [5.74, 6) is -0.0351. The number of rotatable bonds is 11. The van der Waals surface area contributed by atoms with Crippen LogP contribution in [0.3, 0.4) is 0 Å². The molecule has 0 aliphatic carbocycles. The molecule has 3 heteroatoms. The summed E-state index contributed by atoms with van der Waals surface area (Å²) < 4.78 is 5.23. The van der Waals surface area contributed by atoms with Crippen LogP contribution < -0.4 is 0 Å². The van der Waals surface area contributed by atoms with Crippen molar-refractivity contribution in [1.82, 2.24) is 14.1 Å². The zero-order chi connectivity index (χ0) is 32.5. The molecule has 0 spiro atoms. The number of hydrogen-bond donors (Lipinski definition) is 1. The standard InChI is InChI=1S/C45H43N3/c1-3-5-29-47-39-27-17-14-24-35(39)42(44(47)32-19-9-7-10-20-32)41(37-31-46-38-26-16-13-23-34(37)38)43-36-25-15-18-28-40(36)48(30-6-4-2)45(43)33-21-11-8-12-22-33/h7-28,31,41,46H,3-6,29-30H2,1-2H3. The summed E-state index contributed by atoms with van der Waals surface area (Å²) in [6.45, 7) is 6.54. The lowest BCUT2D eigenvalue weighted by Gasteiger charge is -2.23. The van der Waals surface area contributed by atoms with Crippen molar-refractivity contribution in [2.24, 2.45) is 0 Å². The van der Waals surface area contributed by atoms with E-state index < -0.39 is 0 Å². The second-order valence-corrected chi connectivity index (χ2v) is 13.0. The summed E-state index contributed by atoms with van der Waals surface area (Å²) in [7, 11) is 0. The molecule has 3 aromatic heterocycles. The molecule has 0 saturated carbocycles. The Kier molecular flexibility index (Phi) is 8.20. The zero-order valence-electron chi connectivity index (χ0n) is 28.0. The number of benzene rings is 5. The van der Waals surface area contributed by atoms with Gasteiger partial charge in [-0.25, -0.2) is 0 Å². The average Bonchev–Trinajstić information content (AvgIpc) is 3.82. The van der Waals surface area contributed by atoms with Crippen molar-refractivity contribution in [3.05, 3.63) is 156 Å². The predicted molar refractivity (Wildman–Crippen MR) is 204 cm³/mol. The predicted octanol–water partition coefficient (Wildman–Crippen LogP) is 12.2. The Morgan fingerprint density at radius 2 is 0.938 bits per heavy atom. The number of fused-ring (bicyclic) bond motifs is 3. The Bertz CT molecular complexity index is 2190. The van der Waals surface area contributed by atoms with E-state index in [1.807, 2.05) is 0 Å². The van der Waals surface area contributed by atoms with Crippen LogP contribution in [-0.2, 0) is 13.1 Å². The van der Waals surface area contributed by atoms with Crippen LogP contribution in [0.2, 0.25) is 0 Å². The fraction of sp³-hybridized carbons (Fsp3) is 0.200. The molecule has 0 unspecified atom stereocenters. The van der Waals surface area contributed by atoms with E-state index in [-0.39, 0.29) is 5.92 Å². The average molecular weight is 626 g/mol. The third-order valence-electron chi connectivity index (χ3n) is 10.1. The summed E-state index contributed by atoms with van der Waals surface area (Å²) in [6, 6.07) is 49.3. The van der Waals surface area contributed by atoms with Gasteiger partial charge in [0.2, 0.25) is 0 Å². The Morgan fingerprint density at radius 3 is 1.44 bits per heavy atom. The minimum absolute atomic E-state index is 0.0351. The molecule has 1 N–H and O–H groups in total. The van der Waals surface area contributed by atoms with Crippen molar-refractivity contribution in [3.8, 4) is 22.5 Å². The first-order valence-electron chi connectivity index (χ1n) is 17.7. The molecule has 0 aliphatic heterocycles. The third-order valence-corrected chi connectivity index (χ3v) is 10.1. The van der Waals surface area contributed by atoms with Gasteiger partial charge in [-0.05, 0) is 58.9 Å². The summed E-state index contributed by atoms with van der Waals surface area (Å²) in [6.07, 6.45) is 6.83. The van der Waals surface area contributed by atoms with E-state index in [9.17, 15) is 0 Å². The maximum atomic E-state index is 3.69. The first-order valence-corrected chi connectivity index (χ1v) is 17.7. The lowest BCUT2D eigenvalue weighted by molar-refractivity contribution is 0.651. The van der Waals surface area contributed by atoms with Crippen LogP contribution in [0, 0.1) is 0 Å². The number of H-pyrrole nitrogens is 1. The van der Waals surface area contributed by atoms with Crippen LogP contribution in [0.4, 0.5) is 0 Å². The van der Waals surface area contributed by atoms with Gasteiger partial charge < -0.3 is 14.1 Å². The molecule has 3 nitrogen and oxygen atoms in total. The number of nitrogens with zero attached hydrogens (tertiary/aromatic N) is 2. The van der Waals surface area contributed by atoms with Crippen molar-refractivity contribution in [2.75, 3.05) is 0 Å². The SMILES string of the molecule is CCCCn1c(-c2ccccc2)c(C(c2c[nH]c3ccccc23)c2c(-c3ccccc3)n(CCCC)c3ccccc23)c2ccccc21. The molecule has 0 bridgehead atoms. The van der Waals surface area contributed by atoms with E-state index in [2.05, 4.69) is 168 Å². The Hall–Kier alpha value is -5.28. The quantitative estimate of drug-likeness (QED) is 0.148. The number of aromatic nitrogens is 3. The summed E-state index contributed by atoms with van der Waals surface area (Å²) in [4.78, 5) is 3.69. The van der Waals surface area contributed by atoms with Crippen LogP contribution in [0.1, 0.15) is 62.1 Å². The molecule has 238 valence electrons. The fourth-order valence-electron chi connectivity index (χ4n) is 7.94. The van der Waals surface area contributed by atoms with Gasteiger partial charge >= 0.3 is 0 Å². The molecule has 0 radical (unpaired) electrons. The van der Waals surface area contributed by atoms with E-state index in [1.54, 1.807) is 0 Å².